The van der Waals surface area contributed by atoms with E-state index in [2.05, 4.69) is 26.1 Å². The van der Waals surface area contributed by atoms with Crippen LogP contribution in [0.5, 0.6) is 0 Å². The summed E-state index contributed by atoms with van der Waals surface area (Å²) in [6, 6.07) is 10.6. The van der Waals surface area contributed by atoms with Gasteiger partial charge in [-0.05, 0) is 81.0 Å². The fourth-order valence-corrected chi connectivity index (χ4v) is 6.49. The van der Waals surface area contributed by atoms with Crippen molar-refractivity contribution >= 4 is 27.5 Å². The molecule has 3 aromatic heterocycles. The van der Waals surface area contributed by atoms with Crippen molar-refractivity contribution in [1.29, 1.82) is 0 Å². The van der Waals surface area contributed by atoms with Crippen molar-refractivity contribution in [3.63, 3.8) is 0 Å². The number of nitrogens with zero attached hydrogens (tertiary/aromatic N) is 7. The lowest BCUT2D eigenvalue weighted by Gasteiger charge is -2.35. The number of rotatable bonds is 5. The van der Waals surface area contributed by atoms with Crippen LogP contribution in [-0.2, 0) is 32.6 Å². The molecule has 0 N–H and O–H groups in total. The van der Waals surface area contributed by atoms with E-state index in [9.17, 15) is 22.8 Å². The summed E-state index contributed by atoms with van der Waals surface area (Å²) in [6.45, 7) is 1.84. The van der Waals surface area contributed by atoms with Crippen molar-refractivity contribution in [3.8, 4) is 17.1 Å². The molecule has 1 atom stereocenters. The zero-order chi connectivity index (χ0) is 30.9. The maximum atomic E-state index is 14.3. The number of carbonyl (C=O) groups is 1. The molecule has 13 heteroatoms. The Morgan fingerprint density at radius 1 is 1.11 bits per heavy atom. The number of aryl methyl sites for hydroxylation is 1. The Labute approximate surface area is 258 Å². The second-order valence-corrected chi connectivity index (χ2v) is 12.5. The van der Waals surface area contributed by atoms with Crippen molar-refractivity contribution in [3.05, 3.63) is 97.8 Å². The summed E-state index contributed by atoms with van der Waals surface area (Å²) in [4.78, 5) is 29.5. The van der Waals surface area contributed by atoms with Gasteiger partial charge in [-0.15, -0.1) is 10.2 Å². The van der Waals surface area contributed by atoms with Crippen molar-refractivity contribution in [2.45, 2.75) is 51.4 Å². The number of aromatic nitrogens is 6. The highest BCUT2D eigenvalue weighted by molar-refractivity contribution is 9.10. The van der Waals surface area contributed by atoms with Gasteiger partial charge in [0, 0.05) is 39.8 Å². The van der Waals surface area contributed by atoms with Crippen molar-refractivity contribution < 1.29 is 18.0 Å². The minimum absolute atomic E-state index is 0.0367. The van der Waals surface area contributed by atoms with E-state index in [1.165, 1.54) is 17.0 Å². The number of hydrogen-bond donors (Lipinski definition) is 0. The zero-order valence-electron chi connectivity index (χ0n) is 23.8. The molecule has 1 aliphatic heterocycles. The molecule has 2 aliphatic rings. The fourth-order valence-electron chi connectivity index (χ4n) is 6.02. The molecule has 1 amide bonds. The molecule has 0 spiro atoms. The lowest BCUT2D eigenvalue weighted by molar-refractivity contribution is -0.138. The van der Waals surface area contributed by atoms with E-state index in [1.807, 2.05) is 35.9 Å². The van der Waals surface area contributed by atoms with Gasteiger partial charge in [0.15, 0.2) is 5.82 Å². The van der Waals surface area contributed by atoms with Gasteiger partial charge in [-0.3, -0.25) is 14.2 Å². The molecule has 1 saturated carbocycles. The van der Waals surface area contributed by atoms with Crippen LogP contribution in [0.1, 0.15) is 52.5 Å². The van der Waals surface area contributed by atoms with Crippen LogP contribution in [0.4, 0.5) is 13.2 Å². The highest BCUT2D eigenvalue weighted by Crippen LogP contribution is 2.37. The lowest BCUT2D eigenvalue weighted by Crippen LogP contribution is -2.46. The number of carbonyl (C=O) groups excluding carboxylic acids is 1. The van der Waals surface area contributed by atoms with Gasteiger partial charge in [0.1, 0.15) is 12.0 Å². The quantitative estimate of drug-likeness (QED) is 0.244. The first-order valence-corrected chi connectivity index (χ1v) is 15.1. The van der Waals surface area contributed by atoms with Crippen LogP contribution in [0.2, 0.25) is 0 Å². The van der Waals surface area contributed by atoms with Gasteiger partial charge in [0.05, 0.1) is 29.7 Å². The maximum Gasteiger partial charge on any atom is 0.417 e. The van der Waals surface area contributed by atoms with Gasteiger partial charge in [-0.25, -0.2) is 4.52 Å². The highest BCUT2D eigenvalue weighted by Gasteiger charge is 2.37. The minimum Gasteiger partial charge on any atom is -0.330 e. The van der Waals surface area contributed by atoms with Crippen molar-refractivity contribution in [1.82, 2.24) is 33.8 Å². The Balaban J connectivity index is 1.33. The van der Waals surface area contributed by atoms with E-state index in [4.69, 9.17) is 5.10 Å². The summed E-state index contributed by atoms with van der Waals surface area (Å²) in [5.74, 6) is 0.687. The number of benzene rings is 2. The van der Waals surface area contributed by atoms with Gasteiger partial charge in [0.2, 0.25) is 0 Å². The molecule has 7 rings (SSSR count). The number of hydrogen-bond acceptors (Lipinski definition) is 5. The summed E-state index contributed by atoms with van der Waals surface area (Å²) >= 11 is 2.95. The number of amides is 1. The Morgan fingerprint density at radius 2 is 1.86 bits per heavy atom. The topological polar surface area (TPSA) is 90.3 Å². The molecule has 226 valence electrons. The van der Waals surface area contributed by atoms with E-state index in [-0.39, 0.29) is 28.6 Å². The van der Waals surface area contributed by atoms with E-state index >= 15 is 0 Å². The smallest absolute Gasteiger partial charge is 0.330 e. The highest BCUT2D eigenvalue weighted by atomic mass is 79.9. The molecule has 0 saturated heterocycles. The molecule has 9 nitrogen and oxygen atoms in total. The first kappa shape index (κ1) is 28.5. The van der Waals surface area contributed by atoms with Crippen LogP contribution in [0.15, 0.2) is 64.3 Å². The van der Waals surface area contributed by atoms with Gasteiger partial charge in [-0.1, -0.05) is 15.9 Å². The van der Waals surface area contributed by atoms with E-state index in [0.717, 1.165) is 36.5 Å². The molecular weight excluding hydrogens is 639 g/mol. The van der Waals surface area contributed by atoms with Crippen molar-refractivity contribution in [2.75, 3.05) is 0 Å². The summed E-state index contributed by atoms with van der Waals surface area (Å²) in [5, 5.41) is 12.8. The standard InChI is InChI=1S/C31H27BrF3N7O2/c1-17-11-23-26(15-40(17)29(43)20-7-10-25(32)24(13-20)31(33,34)35)42-28(21(14-37-42)12-18-3-4-18)41(30(23)44)22-8-5-19(6-9-22)27-38-36-16-39(27)2/h5-10,13-14,16-18H,3-4,11-12,15H2,1-2H3/t17-/m0/s1. The molecule has 0 unspecified atom stereocenters. The second kappa shape index (κ2) is 10.4. The first-order valence-electron chi connectivity index (χ1n) is 14.3. The van der Waals surface area contributed by atoms with E-state index < -0.39 is 23.7 Å². The molecule has 44 heavy (non-hydrogen) atoms. The fraction of sp³-hybridized carbons (Fsp3) is 0.323. The molecule has 5 aromatic rings. The third-order valence-corrected chi connectivity index (χ3v) is 9.22. The Bertz CT molecular complexity index is 1990. The monoisotopic (exact) mass is 665 g/mol. The average molecular weight is 667 g/mol. The Morgan fingerprint density at radius 3 is 2.52 bits per heavy atom. The van der Waals surface area contributed by atoms with E-state index in [1.54, 1.807) is 28.5 Å². The van der Waals surface area contributed by atoms with Gasteiger partial charge in [-0.2, -0.15) is 18.3 Å². The van der Waals surface area contributed by atoms with Crippen LogP contribution in [0, 0.1) is 5.92 Å². The van der Waals surface area contributed by atoms with Crippen LogP contribution in [-0.4, -0.2) is 45.8 Å². The first-order chi connectivity index (χ1) is 21.0. The molecule has 2 aromatic carbocycles. The van der Waals surface area contributed by atoms with Crippen LogP contribution >= 0.6 is 15.9 Å². The van der Waals surface area contributed by atoms with Gasteiger partial charge < -0.3 is 9.47 Å². The molecule has 1 aliphatic carbocycles. The summed E-state index contributed by atoms with van der Waals surface area (Å²) in [6.07, 6.45) is 2.03. The SMILES string of the molecule is C[C@H]1Cc2c(n3ncc(CC4CC4)c3n(-c3ccc(-c4nncn4C)cc3)c2=O)CN1C(=O)c1ccc(Br)c(C(F)(F)F)c1. The minimum atomic E-state index is -4.62. The average Bonchev–Trinajstić information content (AvgIpc) is 3.56. The van der Waals surface area contributed by atoms with Crippen LogP contribution in [0.25, 0.3) is 22.7 Å². The lowest BCUT2D eigenvalue weighted by atomic mass is 9.97. The van der Waals surface area contributed by atoms with Crippen LogP contribution in [0.3, 0.4) is 0 Å². The molecular formula is C31H27BrF3N7O2. The Hall–Kier alpha value is -4.26. The number of fused-ring (bicyclic) bond motifs is 3. The molecule has 0 bridgehead atoms. The van der Waals surface area contributed by atoms with Gasteiger partial charge in [0.25, 0.3) is 11.5 Å². The number of alkyl halides is 3. The second-order valence-electron chi connectivity index (χ2n) is 11.6. The summed E-state index contributed by atoms with van der Waals surface area (Å²) < 4.78 is 45.9. The Kier molecular flexibility index (Phi) is 6.76. The normalized spacial score (nSPS) is 16.9. The predicted molar refractivity (Wildman–Crippen MR) is 159 cm³/mol. The summed E-state index contributed by atoms with van der Waals surface area (Å²) in [5.41, 5.74) is 3.01. The van der Waals surface area contributed by atoms with E-state index in [0.29, 0.717) is 34.3 Å². The summed E-state index contributed by atoms with van der Waals surface area (Å²) in [7, 11) is 1.86. The van der Waals surface area contributed by atoms with Crippen LogP contribution < -0.4 is 5.56 Å². The molecule has 0 radical (unpaired) electrons. The van der Waals surface area contributed by atoms with Crippen molar-refractivity contribution in [2.24, 2.45) is 13.0 Å². The third kappa shape index (κ3) is 4.83. The predicted octanol–water partition coefficient (Wildman–Crippen LogP) is 5.60. The molecule has 4 heterocycles. The third-order valence-electron chi connectivity index (χ3n) is 8.53. The molecule has 1 fully saturated rings. The maximum absolute atomic E-state index is 14.3. The van der Waals surface area contributed by atoms with Gasteiger partial charge >= 0.3 is 6.18 Å². The largest absolute Gasteiger partial charge is 0.417 e. The zero-order valence-corrected chi connectivity index (χ0v) is 25.4. The number of halogens is 4.